The average Bonchev–Trinajstić information content (AvgIpc) is 3.12. The van der Waals surface area contributed by atoms with E-state index in [0.717, 1.165) is 12.1 Å². The second-order valence-corrected chi connectivity index (χ2v) is 5.56. The number of carbonyl (C=O) groups excluding carboxylic acids is 1. The topological polar surface area (TPSA) is 85.4 Å². The van der Waals surface area contributed by atoms with Crippen LogP contribution in [0.5, 0.6) is 11.5 Å². The fourth-order valence-electron chi connectivity index (χ4n) is 2.41. The van der Waals surface area contributed by atoms with Crippen LogP contribution in [0.25, 0.3) is 0 Å². The summed E-state index contributed by atoms with van der Waals surface area (Å²) in [7, 11) is 0. The van der Waals surface area contributed by atoms with Gasteiger partial charge in [-0.3, -0.25) is 4.79 Å². The highest BCUT2D eigenvalue weighted by Gasteiger charge is 2.14. The van der Waals surface area contributed by atoms with Crippen LogP contribution in [-0.4, -0.2) is 22.7 Å². The Kier molecular flexibility index (Phi) is 4.25. The lowest BCUT2D eigenvalue weighted by Gasteiger charge is -2.08. The van der Waals surface area contributed by atoms with E-state index in [1.165, 1.54) is 12.4 Å². The van der Waals surface area contributed by atoms with Crippen molar-refractivity contribution in [1.82, 2.24) is 9.97 Å². The first-order valence-electron chi connectivity index (χ1n) is 7.83. The van der Waals surface area contributed by atoms with Crippen molar-refractivity contribution in [2.45, 2.75) is 0 Å². The molecule has 9 heteroatoms. The molecule has 2 aromatic carbocycles. The Labute approximate surface area is 152 Å². The van der Waals surface area contributed by atoms with Crippen molar-refractivity contribution in [3.05, 3.63) is 66.1 Å². The quantitative estimate of drug-likeness (QED) is 0.731. The molecule has 0 atom stereocenters. The lowest BCUT2D eigenvalue weighted by Crippen LogP contribution is -2.15. The van der Waals surface area contributed by atoms with E-state index in [1.54, 1.807) is 18.2 Å². The summed E-state index contributed by atoms with van der Waals surface area (Å²) in [5.41, 5.74) is 0.542. The van der Waals surface area contributed by atoms with Gasteiger partial charge in [0, 0.05) is 17.8 Å². The third-order valence-electron chi connectivity index (χ3n) is 3.71. The van der Waals surface area contributed by atoms with Crippen molar-refractivity contribution in [2.75, 3.05) is 17.4 Å². The fraction of sp³-hybridized carbons (Fsp3) is 0.0556. The standard InChI is InChI=1S/C18H12F2N4O3/c19-10-1-3-13(12(20)5-10)24-18(25)14-7-22-17(8-21-14)23-11-2-4-15-16(6-11)27-9-26-15/h1-8H,9H2,(H,22,23)(H,24,25). The summed E-state index contributed by atoms with van der Waals surface area (Å²) < 4.78 is 37.1. The summed E-state index contributed by atoms with van der Waals surface area (Å²) in [4.78, 5) is 20.2. The zero-order valence-corrected chi connectivity index (χ0v) is 13.7. The van der Waals surface area contributed by atoms with Crippen LogP contribution in [0.2, 0.25) is 0 Å². The Morgan fingerprint density at radius 3 is 2.63 bits per heavy atom. The van der Waals surface area contributed by atoms with E-state index >= 15 is 0 Å². The van der Waals surface area contributed by atoms with E-state index in [1.807, 2.05) is 0 Å². The maximum atomic E-state index is 13.6. The van der Waals surface area contributed by atoms with Crippen LogP contribution in [-0.2, 0) is 0 Å². The molecule has 3 aromatic rings. The minimum absolute atomic E-state index is 0.0186. The largest absolute Gasteiger partial charge is 0.454 e. The van der Waals surface area contributed by atoms with Crippen LogP contribution in [0, 0.1) is 11.6 Å². The zero-order valence-electron chi connectivity index (χ0n) is 13.7. The number of hydrogen-bond donors (Lipinski definition) is 2. The number of carbonyl (C=O) groups is 1. The summed E-state index contributed by atoms with van der Waals surface area (Å²) in [5.74, 6) is -0.598. The minimum atomic E-state index is -0.877. The number of hydrogen-bond acceptors (Lipinski definition) is 6. The Morgan fingerprint density at radius 2 is 1.85 bits per heavy atom. The molecule has 0 saturated heterocycles. The fourth-order valence-corrected chi connectivity index (χ4v) is 2.41. The molecule has 4 rings (SSSR count). The predicted molar refractivity (Wildman–Crippen MR) is 92.2 cm³/mol. The number of nitrogens with one attached hydrogen (secondary N) is 2. The van der Waals surface area contributed by atoms with Gasteiger partial charge in [-0.1, -0.05) is 0 Å². The summed E-state index contributed by atoms with van der Waals surface area (Å²) in [5, 5.41) is 5.34. The number of aromatic nitrogens is 2. The van der Waals surface area contributed by atoms with Crippen molar-refractivity contribution < 1.29 is 23.0 Å². The van der Waals surface area contributed by atoms with E-state index in [-0.39, 0.29) is 18.2 Å². The van der Waals surface area contributed by atoms with Gasteiger partial charge in [0.15, 0.2) is 11.5 Å². The monoisotopic (exact) mass is 370 g/mol. The lowest BCUT2D eigenvalue weighted by molar-refractivity contribution is 0.102. The number of rotatable bonds is 4. The molecule has 0 fully saturated rings. The smallest absolute Gasteiger partial charge is 0.275 e. The first-order valence-corrected chi connectivity index (χ1v) is 7.83. The lowest BCUT2D eigenvalue weighted by atomic mass is 10.2. The molecule has 0 radical (unpaired) electrons. The second-order valence-electron chi connectivity index (χ2n) is 5.56. The van der Waals surface area contributed by atoms with Crippen molar-refractivity contribution in [3.63, 3.8) is 0 Å². The van der Waals surface area contributed by atoms with Crippen LogP contribution < -0.4 is 20.1 Å². The molecule has 2 N–H and O–H groups in total. The number of ether oxygens (including phenoxy) is 2. The third-order valence-corrected chi connectivity index (χ3v) is 3.71. The number of fused-ring (bicyclic) bond motifs is 1. The number of anilines is 3. The second kappa shape index (κ2) is 6.87. The van der Waals surface area contributed by atoms with Gasteiger partial charge in [-0.2, -0.15) is 0 Å². The van der Waals surface area contributed by atoms with Gasteiger partial charge in [0.2, 0.25) is 6.79 Å². The average molecular weight is 370 g/mol. The Bertz CT molecular complexity index is 1010. The van der Waals surface area contributed by atoms with E-state index in [2.05, 4.69) is 20.6 Å². The van der Waals surface area contributed by atoms with Gasteiger partial charge in [-0.15, -0.1) is 0 Å². The van der Waals surface area contributed by atoms with E-state index in [9.17, 15) is 13.6 Å². The highest BCUT2D eigenvalue weighted by molar-refractivity contribution is 6.02. The first-order chi connectivity index (χ1) is 13.1. The molecule has 0 spiro atoms. The maximum Gasteiger partial charge on any atom is 0.275 e. The molecule has 136 valence electrons. The van der Waals surface area contributed by atoms with Gasteiger partial charge in [-0.05, 0) is 24.3 Å². The third kappa shape index (κ3) is 3.61. The Hall–Kier alpha value is -3.75. The molecule has 1 aliphatic rings. The Morgan fingerprint density at radius 1 is 1.00 bits per heavy atom. The number of amides is 1. The van der Waals surface area contributed by atoms with Crippen LogP contribution in [0.15, 0.2) is 48.8 Å². The first kappa shape index (κ1) is 16.7. The molecule has 2 heterocycles. The van der Waals surface area contributed by atoms with Gasteiger partial charge in [0.05, 0.1) is 18.1 Å². The summed E-state index contributed by atoms with van der Waals surface area (Å²) >= 11 is 0. The highest BCUT2D eigenvalue weighted by atomic mass is 19.1. The molecule has 27 heavy (non-hydrogen) atoms. The molecule has 0 bridgehead atoms. The molecule has 0 unspecified atom stereocenters. The van der Waals surface area contributed by atoms with Gasteiger partial charge < -0.3 is 20.1 Å². The van der Waals surface area contributed by atoms with Crippen LogP contribution in [0.3, 0.4) is 0 Å². The molecule has 1 aromatic heterocycles. The van der Waals surface area contributed by atoms with E-state index in [4.69, 9.17) is 9.47 Å². The molecule has 0 saturated carbocycles. The number of benzene rings is 2. The van der Waals surface area contributed by atoms with Crippen LogP contribution in [0.4, 0.5) is 26.0 Å². The van der Waals surface area contributed by atoms with Gasteiger partial charge in [0.1, 0.15) is 23.1 Å². The van der Waals surface area contributed by atoms with E-state index < -0.39 is 17.5 Å². The molecular weight excluding hydrogens is 358 g/mol. The van der Waals surface area contributed by atoms with Crippen LogP contribution >= 0.6 is 0 Å². The van der Waals surface area contributed by atoms with Crippen molar-refractivity contribution in [3.8, 4) is 11.5 Å². The van der Waals surface area contributed by atoms with Gasteiger partial charge in [0.25, 0.3) is 5.91 Å². The number of halogens is 2. The number of nitrogens with zero attached hydrogens (tertiary/aromatic N) is 2. The normalized spacial score (nSPS) is 11.9. The highest BCUT2D eigenvalue weighted by Crippen LogP contribution is 2.34. The zero-order chi connectivity index (χ0) is 18.8. The maximum absolute atomic E-state index is 13.6. The summed E-state index contributed by atoms with van der Waals surface area (Å²) in [6.07, 6.45) is 2.60. The van der Waals surface area contributed by atoms with Gasteiger partial charge in [-0.25, -0.2) is 18.7 Å². The van der Waals surface area contributed by atoms with Gasteiger partial charge >= 0.3 is 0 Å². The van der Waals surface area contributed by atoms with Crippen molar-refractivity contribution in [1.29, 1.82) is 0 Å². The van der Waals surface area contributed by atoms with E-state index in [0.29, 0.717) is 29.1 Å². The molecule has 1 amide bonds. The molecule has 0 aliphatic carbocycles. The Balaban J connectivity index is 1.44. The molecule has 1 aliphatic heterocycles. The van der Waals surface area contributed by atoms with Crippen molar-refractivity contribution in [2.24, 2.45) is 0 Å². The predicted octanol–water partition coefficient (Wildman–Crippen LogP) is 3.48. The SMILES string of the molecule is O=C(Nc1ccc(F)cc1F)c1cnc(Nc2ccc3c(c2)OCO3)cn1. The minimum Gasteiger partial charge on any atom is -0.454 e. The van der Waals surface area contributed by atoms with Crippen LogP contribution in [0.1, 0.15) is 10.5 Å². The molecule has 7 nitrogen and oxygen atoms in total. The summed E-state index contributed by atoms with van der Waals surface area (Å²) in [6.45, 7) is 0.178. The van der Waals surface area contributed by atoms with Crippen molar-refractivity contribution >= 4 is 23.1 Å². The molecular formula is C18H12F2N4O3. The summed E-state index contributed by atoms with van der Waals surface area (Å²) in [6, 6.07) is 8.15.